The average Bonchev–Trinajstić information content (AvgIpc) is 2.36. The van der Waals surface area contributed by atoms with E-state index < -0.39 is 0 Å². The molecule has 1 aromatic rings. The van der Waals surface area contributed by atoms with Gasteiger partial charge in [-0.1, -0.05) is 11.8 Å². The summed E-state index contributed by atoms with van der Waals surface area (Å²) in [5.74, 6) is 6.21. The first kappa shape index (κ1) is 13.7. The van der Waals surface area contributed by atoms with E-state index in [1.807, 2.05) is 18.2 Å². The summed E-state index contributed by atoms with van der Waals surface area (Å²) in [5, 5.41) is 3.35. The monoisotopic (exact) mass is 255 g/mol. The fraction of sp³-hybridized carbons (Fsp3) is 0.471. The van der Waals surface area contributed by atoms with E-state index in [1.54, 1.807) is 0 Å². The third-order valence-corrected chi connectivity index (χ3v) is 3.08. The Morgan fingerprint density at radius 3 is 2.89 bits per heavy atom. The lowest BCUT2D eigenvalue weighted by Crippen LogP contribution is -2.12. The van der Waals surface area contributed by atoms with Crippen LogP contribution in [0.2, 0.25) is 0 Å². The second-order valence-electron chi connectivity index (χ2n) is 6.05. The van der Waals surface area contributed by atoms with Crippen molar-refractivity contribution in [3.05, 3.63) is 29.3 Å². The molecule has 0 saturated carbocycles. The van der Waals surface area contributed by atoms with Gasteiger partial charge in [-0.3, -0.25) is 4.79 Å². The zero-order valence-corrected chi connectivity index (χ0v) is 12.0. The molecule has 0 bridgehead atoms. The zero-order chi connectivity index (χ0) is 13.9. The second kappa shape index (κ2) is 5.48. The number of nitrogens with one attached hydrogen (secondary N) is 1. The molecule has 0 radical (unpaired) electrons. The van der Waals surface area contributed by atoms with E-state index in [0.717, 1.165) is 24.9 Å². The number of aryl methyl sites for hydroxylation is 1. The van der Waals surface area contributed by atoms with Gasteiger partial charge >= 0.3 is 0 Å². The summed E-state index contributed by atoms with van der Waals surface area (Å²) in [7, 11) is 0. The van der Waals surface area contributed by atoms with E-state index in [2.05, 4.69) is 37.9 Å². The van der Waals surface area contributed by atoms with Crippen molar-refractivity contribution < 1.29 is 4.79 Å². The van der Waals surface area contributed by atoms with Gasteiger partial charge in [-0.25, -0.2) is 0 Å². The molecule has 1 aliphatic rings. The molecule has 0 fully saturated rings. The normalized spacial score (nSPS) is 13.8. The first-order valence-electron chi connectivity index (χ1n) is 6.86. The van der Waals surface area contributed by atoms with Crippen LogP contribution in [0.25, 0.3) is 0 Å². The lowest BCUT2D eigenvalue weighted by Gasteiger charge is -2.18. The minimum Gasteiger partial charge on any atom is -0.385 e. The van der Waals surface area contributed by atoms with E-state index in [0.29, 0.717) is 6.42 Å². The van der Waals surface area contributed by atoms with Crippen LogP contribution in [0.4, 0.5) is 5.69 Å². The highest BCUT2D eigenvalue weighted by Gasteiger charge is 2.12. The number of anilines is 1. The number of carbonyl (C=O) groups is 1. The average molecular weight is 255 g/mol. The van der Waals surface area contributed by atoms with Crippen LogP contribution in [-0.4, -0.2) is 12.3 Å². The fourth-order valence-electron chi connectivity index (χ4n) is 2.14. The summed E-state index contributed by atoms with van der Waals surface area (Å²) in [5.41, 5.74) is 3.16. The van der Waals surface area contributed by atoms with E-state index >= 15 is 0 Å². The molecular weight excluding hydrogens is 234 g/mol. The SMILES string of the molecule is CC(C)(C)C#CCC(=O)c1ccc2c(c1)CCCN2. The van der Waals surface area contributed by atoms with Crippen molar-refractivity contribution >= 4 is 11.5 Å². The molecule has 2 nitrogen and oxygen atoms in total. The molecule has 0 amide bonds. The van der Waals surface area contributed by atoms with E-state index in [1.165, 1.54) is 11.3 Å². The standard InChI is InChI=1S/C17H21NO/c1-17(2,3)10-4-7-16(19)14-8-9-15-13(12-14)6-5-11-18-15/h8-9,12,18H,5-7,11H2,1-3H3. The largest absolute Gasteiger partial charge is 0.385 e. The minimum absolute atomic E-state index is 0.0416. The molecule has 0 atom stereocenters. The number of ketones is 1. The highest BCUT2D eigenvalue weighted by Crippen LogP contribution is 2.23. The highest BCUT2D eigenvalue weighted by molar-refractivity contribution is 5.98. The van der Waals surface area contributed by atoms with Crippen LogP contribution in [0.3, 0.4) is 0 Å². The Hall–Kier alpha value is -1.75. The molecule has 0 aliphatic carbocycles. The molecule has 1 N–H and O–H groups in total. The molecule has 0 unspecified atom stereocenters. The summed E-state index contributed by atoms with van der Waals surface area (Å²) in [6, 6.07) is 5.93. The van der Waals surface area contributed by atoms with Gasteiger partial charge in [0.2, 0.25) is 0 Å². The molecule has 0 aromatic heterocycles. The lowest BCUT2D eigenvalue weighted by atomic mass is 9.96. The molecule has 19 heavy (non-hydrogen) atoms. The summed E-state index contributed by atoms with van der Waals surface area (Å²) < 4.78 is 0. The van der Waals surface area contributed by atoms with Gasteiger partial charge in [0, 0.05) is 23.2 Å². The van der Waals surface area contributed by atoms with Crippen LogP contribution in [0.1, 0.15) is 49.5 Å². The fourth-order valence-corrected chi connectivity index (χ4v) is 2.14. The zero-order valence-electron chi connectivity index (χ0n) is 12.0. The van der Waals surface area contributed by atoms with Gasteiger partial charge in [0.25, 0.3) is 0 Å². The van der Waals surface area contributed by atoms with Gasteiger partial charge in [-0.05, 0) is 57.4 Å². The Labute approximate surface area is 115 Å². The van der Waals surface area contributed by atoms with Gasteiger partial charge in [-0.2, -0.15) is 0 Å². The quantitative estimate of drug-likeness (QED) is 0.645. The number of benzene rings is 1. The summed E-state index contributed by atoms with van der Waals surface area (Å²) >= 11 is 0. The molecule has 0 spiro atoms. The topological polar surface area (TPSA) is 29.1 Å². The third-order valence-electron chi connectivity index (χ3n) is 3.08. The highest BCUT2D eigenvalue weighted by atomic mass is 16.1. The Morgan fingerprint density at radius 2 is 2.16 bits per heavy atom. The molecule has 100 valence electrons. The minimum atomic E-state index is -0.0416. The van der Waals surface area contributed by atoms with Crippen molar-refractivity contribution in [3.63, 3.8) is 0 Å². The maximum atomic E-state index is 12.1. The number of Topliss-reactive ketones (excluding diaryl/α,β-unsaturated/α-hetero) is 1. The predicted octanol–water partition coefficient (Wildman–Crippen LogP) is 3.67. The second-order valence-corrected chi connectivity index (χ2v) is 6.05. The van der Waals surface area contributed by atoms with Crippen molar-refractivity contribution in [2.24, 2.45) is 5.41 Å². The van der Waals surface area contributed by atoms with E-state index in [4.69, 9.17) is 0 Å². The summed E-state index contributed by atoms with van der Waals surface area (Å²) in [4.78, 5) is 12.1. The number of hydrogen-bond acceptors (Lipinski definition) is 2. The van der Waals surface area contributed by atoms with Gasteiger partial charge < -0.3 is 5.32 Å². The van der Waals surface area contributed by atoms with Crippen molar-refractivity contribution in [1.29, 1.82) is 0 Å². The Morgan fingerprint density at radius 1 is 1.37 bits per heavy atom. The van der Waals surface area contributed by atoms with Crippen LogP contribution in [0.15, 0.2) is 18.2 Å². The number of hydrogen-bond donors (Lipinski definition) is 1. The van der Waals surface area contributed by atoms with E-state index in [-0.39, 0.29) is 11.2 Å². The lowest BCUT2D eigenvalue weighted by molar-refractivity contribution is 0.0998. The van der Waals surface area contributed by atoms with Crippen LogP contribution in [0, 0.1) is 17.3 Å². The maximum absolute atomic E-state index is 12.1. The van der Waals surface area contributed by atoms with E-state index in [9.17, 15) is 4.79 Å². The Bertz CT molecular complexity index is 541. The van der Waals surface area contributed by atoms with Gasteiger partial charge in [-0.15, -0.1) is 0 Å². The Kier molecular flexibility index (Phi) is 3.95. The number of rotatable bonds is 2. The molecule has 2 rings (SSSR count). The van der Waals surface area contributed by atoms with Crippen LogP contribution in [-0.2, 0) is 6.42 Å². The number of carbonyl (C=O) groups excluding carboxylic acids is 1. The van der Waals surface area contributed by atoms with Crippen LogP contribution in [0.5, 0.6) is 0 Å². The third kappa shape index (κ3) is 3.86. The van der Waals surface area contributed by atoms with Crippen molar-refractivity contribution in [2.45, 2.75) is 40.0 Å². The molecule has 1 heterocycles. The molecule has 0 saturated heterocycles. The maximum Gasteiger partial charge on any atom is 0.174 e. The summed E-state index contributed by atoms with van der Waals surface area (Å²) in [6.07, 6.45) is 2.50. The van der Waals surface area contributed by atoms with Gasteiger partial charge in [0.15, 0.2) is 5.78 Å². The summed E-state index contributed by atoms with van der Waals surface area (Å²) in [6.45, 7) is 7.18. The smallest absolute Gasteiger partial charge is 0.174 e. The Balaban J connectivity index is 2.09. The van der Waals surface area contributed by atoms with Gasteiger partial charge in [0.05, 0.1) is 6.42 Å². The predicted molar refractivity (Wildman–Crippen MR) is 79.4 cm³/mol. The molecule has 1 aliphatic heterocycles. The van der Waals surface area contributed by atoms with Crippen LogP contribution >= 0.6 is 0 Å². The van der Waals surface area contributed by atoms with Crippen molar-refractivity contribution in [1.82, 2.24) is 0 Å². The molecule has 2 heteroatoms. The first-order valence-corrected chi connectivity index (χ1v) is 6.86. The number of fused-ring (bicyclic) bond motifs is 1. The van der Waals surface area contributed by atoms with Gasteiger partial charge in [0.1, 0.15) is 0 Å². The van der Waals surface area contributed by atoms with Crippen LogP contribution < -0.4 is 5.32 Å². The van der Waals surface area contributed by atoms with Crippen molar-refractivity contribution in [3.8, 4) is 11.8 Å². The molecular formula is C17H21NO. The molecule has 1 aromatic carbocycles. The van der Waals surface area contributed by atoms with Crippen molar-refractivity contribution in [2.75, 3.05) is 11.9 Å². The first-order chi connectivity index (χ1) is 8.96.